The maximum Gasteiger partial charge on any atom is 0.0385 e. The van der Waals surface area contributed by atoms with E-state index in [1.54, 1.807) is 11.1 Å². The fourth-order valence-electron chi connectivity index (χ4n) is 6.57. The minimum absolute atomic E-state index is 0.437. The molecule has 1 aromatic rings. The van der Waals surface area contributed by atoms with Crippen LogP contribution in [0, 0.1) is 11.8 Å². The van der Waals surface area contributed by atoms with Crippen molar-refractivity contribution in [3.63, 3.8) is 0 Å². The first-order valence-electron chi connectivity index (χ1n) is 8.67. The zero-order chi connectivity index (χ0) is 13.3. The molecule has 1 heteroatoms. The van der Waals surface area contributed by atoms with Gasteiger partial charge in [0.2, 0.25) is 0 Å². The van der Waals surface area contributed by atoms with Crippen LogP contribution in [0.1, 0.15) is 62.6 Å². The van der Waals surface area contributed by atoms with Crippen molar-refractivity contribution in [2.75, 3.05) is 6.54 Å². The van der Waals surface area contributed by atoms with E-state index in [0.717, 1.165) is 23.9 Å². The second-order valence-corrected chi connectivity index (χ2v) is 7.77. The molecule has 0 amide bonds. The summed E-state index contributed by atoms with van der Waals surface area (Å²) in [6, 6.07) is 11.0. The number of rotatable bonds is 0. The van der Waals surface area contributed by atoms with Crippen molar-refractivity contribution in [1.82, 2.24) is 4.90 Å². The molecule has 6 rings (SSSR count). The van der Waals surface area contributed by atoms with Gasteiger partial charge in [0, 0.05) is 17.5 Å². The summed E-state index contributed by atoms with van der Waals surface area (Å²) in [5.74, 6) is 1.91. The van der Waals surface area contributed by atoms with Crippen molar-refractivity contribution < 1.29 is 0 Å². The van der Waals surface area contributed by atoms with Crippen molar-refractivity contribution >= 4 is 0 Å². The molecule has 3 heterocycles. The van der Waals surface area contributed by atoms with Crippen molar-refractivity contribution in [1.29, 1.82) is 0 Å². The highest BCUT2D eigenvalue weighted by Gasteiger charge is 2.62. The van der Waals surface area contributed by atoms with Crippen molar-refractivity contribution in [3.05, 3.63) is 35.4 Å². The van der Waals surface area contributed by atoms with E-state index in [1.807, 2.05) is 0 Å². The molecule has 0 unspecified atom stereocenters. The molecule has 5 aliphatic rings. The third-order valence-electron chi connectivity index (χ3n) is 7.20. The minimum atomic E-state index is 0.437. The molecule has 0 N–H and O–H groups in total. The first-order valence-corrected chi connectivity index (χ1v) is 8.67. The molecule has 2 bridgehead atoms. The van der Waals surface area contributed by atoms with E-state index in [2.05, 4.69) is 36.1 Å². The molecule has 3 fully saturated rings. The highest BCUT2D eigenvalue weighted by atomic mass is 15.2. The molecule has 5 atom stereocenters. The summed E-state index contributed by atoms with van der Waals surface area (Å²) in [5, 5.41) is 0. The number of hydrogen-bond donors (Lipinski definition) is 0. The van der Waals surface area contributed by atoms with Crippen LogP contribution in [-0.4, -0.2) is 17.5 Å². The molecular weight excluding hydrogens is 242 g/mol. The van der Waals surface area contributed by atoms with Crippen molar-refractivity contribution in [3.8, 4) is 0 Å². The van der Waals surface area contributed by atoms with Crippen LogP contribution in [0.25, 0.3) is 0 Å². The molecular formula is C19H25N. The predicted molar refractivity (Wildman–Crippen MR) is 81.7 cm³/mol. The SMILES string of the molecule is C[C@]12c3ccccc3[C@@H]([C@@H]3CCC[C@@H]31)N1CCCC[C@H]12. The Morgan fingerprint density at radius 2 is 1.95 bits per heavy atom. The maximum absolute atomic E-state index is 2.93. The minimum Gasteiger partial charge on any atom is -0.292 e. The van der Waals surface area contributed by atoms with E-state index in [-0.39, 0.29) is 0 Å². The van der Waals surface area contributed by atoms with Gasteiger partial charge in [-0.25, -0.2) is 0 Å². The normalized spacial score (nSPS) is 45.9. The lowest BCUT2D eigenvalue weighted by atomic mass is 9.51. The molecule has 2 saturated heterocycles. The zero-order valence-electron chi connectivity index (χ0n) is 12.5. The molecule has 0 spiro atoms. The van der Waals surface area contributed by atoms with Crippen LogP contribution < -0.4 is 0 Å². The summed E-state index contributed by atoms with van der Waals surface area (Å²) < 4.78 is 0. The Hall–Kier alpha value is -0.820. The van der Waals surface area contributed by atoms with Gasteiger partial charge in [-0.15, -0.1) is 0 Å². The standard InChI is InChI=1S/C19H25N/c1-19-15-9-3-2-7-13(15)18(14-8-6-10-16(14)19)20-12-5-4-11-17(19)20/h2-3,7,9,14,16-18H,4-6,8,10-12H2,1H3/t14-,16+,17+,18+,19+/m1/s1. The van der Waals surface area contributed by atoms with Gasteiger partial charge in [0.25, 0.3) is 0 Å². The van der Waals surface area contributed by atoms with Gasteiger partial charge in [-0.2, -0.15) is 0 Å². The average molecular weight is 267 g/mol. The van der Waals surface area contributed by atoms with Gasteiger partial charge in [0.1, 0.15) is 0 Å². The molecule has 0 radical (unpaired) electrons. The van der Waals surface area contributed by atoms with Gasteiger partial charge in [0.05, 0.1) is 0 Å². The Kier molecular flexibility index (Phi) is 2.29. The van der Waals surface area contributed by atoms with E-state index in [0.29, 0.717) is 5.41 Å². The zero-order valence-corrected chi connectivity index (χ0v) is 12.5. The molecule has 106 valence electrons. The van der Waals surface area contributed by atoms with Crippen LogP contribution in [0.3, 0.4) is 0 Å². The largest absolute Gasteiger partial charge is 0.292 e. The van der Waals surface area contributed by atoms with Gasteiger partial charge < -0.3 is 0 Å². The Bertz CT molecular complexity index is 550. The Labute approximate surface area is 122 Å². The highest BCUT2D eigenvalue weighted by Crippen LogP contribution is 2.65. The third-order valence-corrected chi connectivity index (χ3v) is 7.20. The first-order chi connectivity index (χ1) is 9.82. The van der Waals surface area contributed by atoms with E-state index >= 15 is 0 Å². The van der Waals surface area contributed by atoms with E-state index < -0.39 is 0 Å². The van der Waals surface area contributed by atoms with E-state index in [4.69, 9.17) is 0 Å². The molecule has 1 aromatic carbocycles. The number of hydrogen-bond acceptors (Lipinski definition) is 1. The molecule has 3 aliphatic heterocycles. The van der Waals surface area contributed by atoms with Gasteiger partial charge in [-0.3, -0.25) is 4.90 Å². The van der Waals surface area contributed by atoms with Crippen LogP contribution in [0.4, 0.5) is 0 Å². The van der Waals surface area contributed by atoms with Crippen LogP contribution >= 0.6 is 0 Å². The smallest absolute Gasteiger partial charge is 0.0385 e. The summed E-state index contributed by atoms with van der Waals surface area (Å²) in [5.41, 5.74) is 3.85. The lowest BCUT2D eigenvalue weighted by molar-refractivity contribution is -0.0858. The molecule has 20 heavy (non-hydrogen) atoms. The predicted octanol–water partition coefficient (Wildman–Crippen LogP) is 4.28. The summed E-state index contributed by atoms with van der Waals surface area (Å²) >= 11 is 0. The second kappa shape index (κ2) is 3.88. The molecule has 2 aliphatic carbocycles. The second-order valence-electron chi connectivity index (χ2n) is 7.77. The lowest BCUT2D eigenvalue weighted by Crippen LogP contribution is -2.66. The fraction of sp³-hybridized carbons (Fsp3) is 0.684. The summed E-state index contributed by atoms with van der Waals surface area (Å²) in [4.78, 5) is 2.93. The van der Waals surface area contributed by atoms with Gasteiger partial charge in [-0.05, 0) is 55.2 Å². The molecule has 1 saturated carbocycles. The third kappa shape index (κ3) is 1.20. The Morgan fingerprint density at radius 1 is 1.05 bits per heavy atom. The maximum atomic E-state index is 2.93. The van der Waals surface area contributed by atoms with Gasteiger partial charge in [0.15, 0.2) is 0 Å². The Morgan fingerprint density at radius 3 is 2.90 bits per heavy atom. The topological polar surface area (TPSA) is 3.24 Å². The first kappa shape index (κ1) is 11.8. The fourth-order valence-corrected chi connectivity index (χ4v) is 6.57. The highest BCUT2D eigenvalue weighted by molar-refractivity contribution is 5.46. The summed E-state index contributed by atoms with van der Waals surface area (Å²) in [7, 11) is 0. The van der Waals surface area contributed by atoms with Crippen LogP contribution in [0.15, 0.2) is 24.3 Å². The van der Waals surface area contributed by atoms with Crippen molar-refractivity contribution in [2.45, 2.75) is 62.9 Å². The van der Waals surface area contributed by atoms with E-state index in [9.17, 15) is 0 Å². The summed E-state index contributed by atoms with van der Waals surface area (Å²) in [6.07, 6.45) is 8.73. The van der Waals surface area contributed by atoms with Gasteiger partial charge in [-0.1, -0.05) is 44.0 Å². The van der Waals surface area contributed by atoms with Crippen LogP contribution in [0.5, 0.6) is 0 Å². The Balaban J connectivity index is 1.77. The van der Waals surface area contributed by atoms with Gasteiger partial charge >= 0.3 is 0 Å². The summed E-state index contributed by atoms with van der Waals surface area (Å²) in [6.45, 7) is 3.97. The average Bonchev–Trinajstić information content (AvgIpc) is 2.99. The molecule has 0 aromatic heterocycles. The lowest BCUT2D eigenvalue weighted by Gasteiger charge is -2.65. The van der Waals surface area contributed by atoms with Crippen molar-refractivity contribution in [2.24, 2.45) is 11.8 Å². The molecule has 1 nitrogen and oxygen atoms in total. The van der Waals surface area contributed by atoms with Crippen LogP contribution in [-0.2, 0) is 5.41 Å². The van der Waals surface area contributed by atoms with Crippen LogP contribution in [0.2, 0.25) is 0 Å². The number of nitrogens with zero attached hydrogens (tertiary/aromatic N) is 1. The van der Waals surface area contributed by atoms with E-state index in [1.165, 1.54) is 45.1 Å². The quantitative estimate of drug-likeness (QED) is 0.678. The number of benzene rings is 1. The monoisotopic (exact) mass is 267 g/mol. The number of piperidine rings is 2.